The second-order valence-electron chi connectivity index (χ2n) is 7.83. The van der Waals surface area contributed by atoms with Crippen LogP contribution in [0.4, 0.5) is 0 Å². The first-order valence-electron chi connectivity index (χ1n) is 9.30. The zero-order valence-corrected chi connectivity index (χ0v) is 17.0. The highest BCUT2D eigenvalue weighted by atomic mass is 35.5. The van der Waals surface area contributed by atoms with Crippen LogP contribution in [0.1, 0.15) is 58.8 Å². The van der Waals surface area contributed by atoms with Gasteiger partial charge in [-0.1, -0.05) is 20.3 Å². The van der Waals surface area contributed by atoms with Crippen LogP contribution < -0.4 is 11.1 Å². The first kappa shape index (κ1) is 24.0. The molecule has 0 aromatic rings. The molecule has 0 spiro atoms. The first-order valence-corrected chi connectivity index (χ1v) is 9.30. The maximum Gasteiger partial charge on any atom is 0.223 e. The van der Waals surface area contributed by atoms with Crippen LogP contribution in [0.3, 0.4) is 0 Å². The Labute approximate surface area is 160 Å². The van der Waals surface area contributed by atoms with Crippen LogP contribution in [0, 0.1) is 17.8 Å². The summed E-state index contributed by atoms with van der Waals surface area (Å²) in [7, 11) is 0. The SMILES string of the molecule is CC1CC(C)CN(CCCCNC(=O)C2CCCC(N)C2)C1.Cl.Cl. The van der Waals surface area contributed by atoms with Gasteiger partial charge in [0.2, 0.25) is 5.91 Å². The minimum atomic E-state index is 0. The maximum atomic E-state index is 12.1. The van der Waals surface area contributed by atoms with Gasteiger partial charge in [0.05, 0.1) is 0 Å². The molecule has 0 aromatic heterocycles. The fourth-order valence-corrected chi connectivity index (χ4v) is 4.26. The summed E-state index contributed by atoms with van der Waals surface area (Å²) in [4.78, 5) is 14.7. The molecule has 2 aliphatic rings. The number of unbranched alkanes of at least 4 members (excludes halogenated alkanes) is 1. The van der Waals surface area contributed by atoms with Crippen molar-refractivity contribution >= 4 is 30.7 Å². The summed E-state index contributed by atoms with van der Waals surface area (Å²) >= 11 is 0. The van der Waals surface area contributed by atoms with Gasteiger partial charge in [0, 0.05) is 31.6 Å². The van der Waals surface area contributed by atoms with Crippen LogP contribution >= 0.6 is 24.8 Å². The topological polar surface area (TPSA) is 58.4 Å². The molecule has 2 rings (SSSR count). The Kier molecular flexibility index (Phi) is 12.3. The number of carbonyl (C=O) groups is 1. The summed E-state index contributed by atoms with van der Waals surface area (Å²) in [6.45, 7) is 9.21. The number of nitrogens with zero attached hydrogens (tertiary/aromatic N) is 1. The average Bonchev–Trinajstić information content (AvgIpc) is 2.45. The van der Waals surface area contributed by atoms with Crippen LogP contribution in [0.15, 0.2) is 0 Å². The number of halogens is 2. The Bertz CT molecular complexity index is 347. The van der Waals surface area contributed by atoms with Gasteiger partial charge < -0.3 is 16.0 Å². The molecule has 1 saturated heterocycles. The largest absolute Gasteiger partial charge is 0.356 e. The minimum absolute atomic E-state index is 0. The smallest absolute Gasteiger partial charge is 0.223 e. The van der Waals surface area contributed by atoms with Gasteiger partial charge in [0.1, 0.15) is 0 Å². The number of piperidine rings is 1. The van der Waals surface area contributed by atoms with Crippen LogP contribution in [0.25, 0.3) is 0 Å². The number of nitrogens with one attached hydrogen (secondary N) is 1. The van der Waals surface area contributed by atoms with Gasteiger partial charge in [-0.15, -0.1) is 24.8 Å². The van der Waals surface area contributed by atoms with Crippen molar-refractivity contribution in [3.63, 3.8) is 0 Å². The van der Waals surface area contributed by atoms with Crippen LogP contribution in [0.2, 0.25) is 0 Å². The van der Waals surface area contributed by atoms with Gasteiger partial charge >= 0.3 is 0 Å². The van der Waals surface area contributed by atoms with Crippen molar-refractivity contribution in [2.45, 2.75) is 64.8 Å². The van der Waals surface area contributed by atoms with Gasteiger partial charge in [0.15, 0.2) is 0 Å². The molecule has 0 bridgehead atoms. The number of hydrogen-bond donors (Lipinski definition) is 2. The molecule has 1 amide bonds. The van der Waals surface area contributed by atoms with Gasteiger partial charge in [-0.25, -0.2) is 0 Å². The van der Waals surface area contributed by atoms with Crippen molar-refractivity contribution in [1.82, 2.24) is 10.2 Å². The Morgan fingerprint density at radius 2 is 1.75 bits per heavy atom. The molecule has 1 aliphatic heterocycles. The molecular formula is C18H37Cl2N3O. The zero-order chi connectivity index (χ0) is 15.9. The highest BCUT2D eigenvalue weighted by Gasteiger charge is 2.25. The van der Waals surface area contributed by atoms with E-state index in [4.69, 9.17) is 5.73 Å². The molecule has 1 aliphatic carbocycles. The normalized spacial score (nSPS) is 30.8. The van der Waals surface area contributed by atoms with E-state index in [0.29, 0.717) is 0 Å². The van der Waals surface area contributed by atoms with Crippen molar-refractivity contribution in [2.24, 2.45) is 23.5 Å². The third-order valence-electron chi connectivity index (χ3n) is 5.23. The molecular weight excluding hydrogens is 345 g/mol. The lowest BCUT2D eigenvalue weighted by atomic mass is 9.85. The molecule has 6 heteroatoms. The van der Waals surface area contributed by atoms with Gasteiger partial charge in [-0.2, -0.15) is 0 Å². The maximum absolute atomic E-state index is 12.1. The molecule has 24 heavy (non-hydrogen) atoms. The highest BCUT2D eigenvalue weighted by Crippen LogP contribution is 2.23. The monoisotopic (exact) mass is 381 g/mol. The quantitative estimate of drug-likeness (QED) is 0.694. The van der Waals surface area contributed by atoms with E-state index in [1.807, 2.05) is 0 Å². The van der Waals surface area contributed by atoms with E-state index >= 15 is 0 Å². The van der Waals surface area contributed by atoms with E-state index in [1.165, 1.54) is 32.5 Å². The van der Waals surface area contributed by atoms with Crippen molar-refractivity contribution in [1.29, 1.82) is 0 Å². The number of carbonyl (C=O) groups excluding carboxylic acids is 1. The first-order chi connectivity index (χ1) is 10.5. The third-order valence-corrected chi connectivity index (χ3v) is 5.23. The summed E-state index contributed by atoms with van der Waals surface area (Å²) < 4.78 is 0. The third kappa shape index (κ3) is 8.37. The fraction of sp³-hybridized carbons (Fsp3) is 0.944. The lowest BCUT2D eigenvalue weighted by molar-refractivity contribution is -0.126. The number of rotatable bonds is 6. The molecule has 0 aromatic carbocycles. The van der Waals surface area contributed by atoms with Gasteiger partial charge in [0.25, 0.3) is 0 Å². The summed E-state index contributed by atoms with van der Waals surface area (Å²) in [5, 5.41) is 3.12. The lowest BCUT2D eigenvalue weighted by Gasteiger charge is -2.35. The van der Waals surface area contributed by atoms with E-state index in [1.54, 1.807) is 0 Å². The molecule has 2 fully saturated rings. The molecule has 3 N–H and O–H groups in total. The van der Waals surface area contributed by atoms with Crippen LogP contribution in [-0.4, -0.2) is 43.0 Å². The van der Waals surface area contributed by atoms with E-state index in [9.17, 15) is 4.79 Å². The molecule has 1 heterocycles. The number of nitrogens with two attached hydrogens (primary N) is 1. The van der Waals surface area contributed by atoms with E-state index in [-0.39, 0.29) is 42.7 Å². The standard InChI is InChI=1S/C18H35N3O.2ClH/c1-14-10-15(2)13-21(12-14)9-4-3-8-20-18(22)16-6-5-7-17(19)11-16;;/h14-17H,3-13,19H2,1-2H3,(H,20,22);2*1H. The van der Waals surface area contributed by atoms with E-state index in [2.05, 4.69) is 24.1 Å². The van der Waals surface area contributed by atoms with Gasteiger partial charge in [-0.05, 0) is 56.9 Å². The molecule has 4 atom stereocenters. The molecule has 4 unspecified atom stereocenters. The average molecular weight is 382 g/mol. The van der Waals surface area contributed by atoms with Crippen molar-refractivity contribution < 1.29 is 4.79 Å². The Morgan fingerprint density at radius 1 is 1.08 bits per heavy atom. The number of hydrogen-bond acceptors (Lipinski definition) is 3. The van der Waals surface area contributed by atoms with Gasteiger partial charge in [-0.3, -0.25) is 4.79 Å². The summed E-state index contributed by atoms with van der Waals surface area (Å²) in [5.41, 5.74) is 5.96. The van der Waals surface area contributed by atoms with E-state index in [0.717, 1.165) is 50.5 Å². The molecule has 4 nitrogen and oxygen atoms in total. The predicted molar refractivity (Wildman–Crippen MR) is 106 cm³/mol. The molecule has 0 radical (unpaired) electrons. The van der Waals surface area contributed by atoms with Crippen molar-refractivity contribution in [2.75, 3.05) is 26.2 Å². The second-order valence-corrected chi connectivity index (χ2v) is 7.83. The van der Waals surface area contributed by atoms with Crippen molar-refractivity contribution in [3.8, 4) is 0 Å². The fourth-order valence-electron chi connectivity index (χ4n) is 4.26. The predicted octanol–water partition coefficient (Wildman–Crippen LogP) is 3.22. The summed E-state index contributed by atoms with van der Waals surface area (Å²) in [6, 6.07) is 0.229. The van der Waals surface area contributed by atoms with Crippen LogP contribution in [-0.2, 0) is 4.79 Å². The summed E-state index contributed by atoms with van der Waals surface area (Å²) in [5.74, 6) is 2.06. The molecule has 1 saturated carbocycles. The molecule has 144 valence electrons. The minimum Gasteiger partial charge on any atom is -0.356 e. The lowest BCUT2D eigenvalue weighted by Crippen LogP contribution is -2.40. The second kappa shape index (κ2) is 12.3. The Hall–Kier alpha value is -0.0300. The van der Waals surface area contributed by atoms with Crippen molar-refractivity contribution in [3.05, 3.63) is 0 Å². The van der Waals surface area contributed by atoms with Crippen LogP contribution in [0.5, 0.6) is 0 Å². The number of amides is 1. The summed E-state index contributed by atoms with van der Waals surface area (Å²) in [6.07, 6.45) is 7.71. The zero-order valence-electron chi connectivity index (χ0n) is 15.3. The Balaban J connectivity index is 0.00000264. The Morgan fingerprint density at radius 3 is 2.38 bits per heavy atom. The van der Waals surface area contributed by atoms with E-state index < -0.39 is 0 Å². The highest BCUT2D eigenvalue weighted by molar-refractivity contribution is 5.85. The number of likely N-dealkylation sites (tertiary alicyclic amines) is 1.